The van der Waals surface area contributed by atoms with E-state index in [1.165, 1.54) is 16.9 Å². The molecule has 1 fully saturated rings. The van der Waals surface area contributed by atoms with Gasteiger partial charge in [-0.2, -0.15) is 22.7 Å². The Morgan fingerprint density at radius 1 is 1.25 bits per heavy atom. The molecule has 0 aliphatic heterocycles. The number of amides is 1. The molecule has 3 aromatic rings. The molecule has 3 aromatic heterocycles. The topological polar surface area (TPSA) is 104 Å². The van der Waals surface area contributed by atoms with E-state index in [-0.39, 0.29) is 54.0 Å². The number of carbonyl (C=O) groups excluding carboxylic acids is 1. The second-order valence-electron chi connectivity index (χ2n) is 7.51. The number of aliphatic hydroxyl groups is 1. The van der Waals surface area contributed by atoms with Crippen LogP contribution in [0, 0.1) is 5.92 Å². The summed E-state index contributed by atoms with van der Waals surface area (Å²) in [5, 5.41) is 19.4. The van der Waals surface area contributed by atoms with Crippen LogP contribution in [0.15, 0.2) is 36.7 Å². The van der Waals surface area contributed by atoms with Gasteiger partial charge in [0.15, 0.2) is 5.65 Å². The molecule has 1 amide bonds. The van der Waals surface area contributed by atoms with Crippen molar-refractivity contribution < 1.29 is 23.1 Å². The van der Waals surface area contributed by atoms with E-state index in [0.29, 0.717) is 0 Å². The summed E-state index contributed by atoms with van der Waals surface area (Å²) in [6.07, 6.45) is 1.70. The number of fused-ring (bicyclic) bond motifs is 1. The molecule has 0 bridgehead atoms. The molecule has 8 nitrogen and oxygen atoms in total. The van der Waals surface area contributed by atoms with Gasteiger partial charge in [0.25, 0.3) is 5.91 Å². The normalized spacial score (nSPS) is 18.8. The minimum atomic E-state index is -4.58. The lowest BCUT2D eigenvalue weighted by atomic mass is 9.85. The number of nitrogens with zero attached hydrogens (tertiary/aromatic N) is 4. The molecule has 0 unspecified atom stereocenters. The number of anilines is 2. The van der Waals surface area contributed by atoms with E-state index in [0.717, 1.165) is 37.8 Å². The summed E-state index contributed by atoms with van der Waals surface area (Å²) < 4.78 is 41.6. The van der Waals surface area contributed by atoms with Gasteiger partial charge >= 0.3 is 6.18 Å². The molecule has 4 rings (SSSR count). The van der Waals surface area contributed by atoms with Crippen LogP contribution in [-0.2, 0) is 6.18 Å². The Balaban J connectivity index is 0.00000289. The third-order valence-electron chi connectivity index (χ3n) is 5.39. The molecule has 0 spiro atoms. The number of alkyl halides is 3. The lowest BCUT2D eigenvalue weighted by Gasteiger charge is -2.31. The zero-order chi connectivity index (χ0) is 22.0. The quantitative estimate of drug-likeness (QED) is 0.524. The number of rotatable bonds is 5. The first kappa shape index (κ1) is 23.7. The van der Waals surface area contributed by atoms with Crippen molar-refractivity contribution in [2.24, 2.45) is 5.92 Å². The van der Waals surface area contributed by atoms with Gasteiger partial charge in [-0.1, -0.05) is 12.8 Å². The second-order valence-corrected chi connectivity index (χ2v) is 7.51. The van der Waals surface area contributed by atoms with Crippen molar-refractivity contribution in [1.29, 1.82) is 0 Å². The van der Waals surface area contributed by atoms with Crippen molar-refractivity contribution in [2.45, 2.75) is 37.9 Å². The summed E-state index contributed by atoms with van der Waals surface area (Å²) in [6.45, 7) is -0.0520. The van der Waals surface area contributed by atoms with Crippen LogP contribution in [0.5, 0.6) is 0 Å². The van der Waals surface area contributed by atoms with Crippen molar-refractivity contribution in [1.82, 2.24) is 19.6 Å². The van der Waals surface area contributed by atoms with E-state index in [9.17, 15) is 23.1 Å². The first-order chi connectivity index (χ1) is 14.8. The third-order valence-corrected chi connectivity index (χ3v) is 5.39. The van der Waals surface area contributed by atoms with Gasteiger partial charge in [0, 0.05) is 31.0 Å². The van der Waals surface area contributed by atoms with Gasteiger partial charge in [0.05, 0.1) is 11.1 Å². The van der Waals surface area contributed by atoms with Crippen molar-refractivity contribution >= 4 is 35.7 Å². The fourth-order valence-electron chi connectivity index (χ4n) is 3.78. The summed E-state index contributed by atoms with van der Waals surface area (Å²) >= 11 is 0. The maximum Gasteiger partial charge on any atom is 0.416 e. The van der Waals surface area contributed by atoms with Crippen molar-refractivity contribution in [3.05, 3.63) is 47.8 Å². The summed E-state index contributed by atoms with van der Waals surface area (Å²) in [5.74, 6) is -0.614. The smallest absolute Gasteiger partial charge is 0.396 e. The lowest BCUT2D eigenvalue weighted by molar-refractivity contribution is -0.137. The van der Waals surface area contributed by atoms with Gasteiger partial charge in [-0.15, -0.1) is 17.5 Å². The Kier molecular flexibility index (Phi) is 7.19. The van der Waals surface area contributed by atoms with Gasteiger partial charge in [-0.3, -0.25) is 15.1 Å². The van der Waals surface area contributed by atoms with Crippen LogP contribution in [0.4, 0.5) is 24.9 Å². The fourth-order valence-corrected chi connectivity index (χ4v) is 3.78. The van der Waals surface area contributed by atoms with E-state index < -0.39 is 17.6 Å². The predicted octanol–water partition coefficient (Wildman–Crippen LogP) is 3.78. The van der Waals surface area contributed by atoms with Crippen molar-refractivity contribution in [2.75, 3.05) is 17.2 Å². The lowest BCUT2D eigenvalue weighted by Crippen LogP contribution is -2.35. The Bertz CT molecular complexity index is 1080. The number of carbonyl (C=O) groups is 1. The number of nitrogens with one attached hydrogen (secondary N) is 2. The number of hydrogen-bond acceptors (Lipinski definition) is 6. The number of aromatic nitrogens is 4. The van der Waals surface area contributed by atoms with E-state index >= 15 is 0 Å². The number of aliphatic hydroxyl groups excluding tert-OH is 1. The monoisotopic (exact) mass is 470 g/mol. The summed E-state index contributed by atoms with van der Waals surface area (Å²) in [4.78, 5) is 20.3. The molecule has 1 saturated carbocycles. The molecule has 1 aliphatic rings. The van der Waals surface area contributed by atoms with Gasteiger partial charge in [0.1, 0.15) is 5.82 Å². The summed E-state index contributed by atoms with van der Waals surface area (Å²) in [6, 6.07) is 4.79. The summed E-state index contributed by atoms with van der Waals surface area (Å²) in [7, 11) is 0. The van der Waals surface area contributed by atoms with Crippen molar-refractivity contribution in [3.8, 4) is 0 Å². The maximum absolute atomic E-state index is 13.5. The van der Waals surface area contributed by atoms with Crippen molar-refractivity contribution in [3.63, 3.8) is 0 Å². The minimum absolute atomic E-state index is 0. The van der Waals surface area contributed by atoms with Gasteiger partial charge in [-0.05, 0) is 37.1 Å². The number of pyridine rings is 2. The average molecular weight is 471 g/mol. The molecule has 32 heavy (non-hydrogen) atoms. The summed E-state index contributed by atoms with van der Waals surface area (Å²) in [5.41, 5.74) is -0.671. The fraction of sp³-hybridized carbons (Fsp3) is 0.400. The van der Waals surface area contributed by atoms with Crippen LogP contribution >= 0.6 is 12.4 Å². The van der Waals surface area contributed by atoms with E-state index in [1.807, 2.05) is 0 Å². The van der Waals surface area contributed by atoms with Crippen LogP contribution < -0.4 is 10.6 Å². The van der Waals surface area contributed by atoms with Gasteiger partial charge in [0.2, 0.25) is 5.95 Å². The first-order valence-corrected chi connectivity index (χ1v) is 9.92. The molecule has 12 heteroatoms. The predicted molar refractivity (Wildman–Crippen MR) is 114 cm³/mol. The van der Waals surface area contributed by atoms with Gasteiger partial charge < -0.3 is 10.4 Å². The Hall–Kier alpha value is -2.92. The minimum Gasteiger partial charge on any atom is -0.396 e. The van der Waals surface area contributed by atoms with E-state index in [2.05, 4.69) is 25.7 Å². The molecular weight excluding hydrogens is 449 g/mol. The highest BCUT2D eigenvalue weighted by Crippen LogP contribution is 2.33. The largest absolute Gasteiger partial charge is 0.416 e. The molecular formula is C20H22ClF3N6O2. The van der Waals surface area contributed by atoms with Crippen LogP contribution in [0.3, 0.4) is 0 Å². The van der Waals surface area contributed by atoms with E-state index in [4.69, 9.17) is 0 Å². The van der Waals surface area contributed by atoms with Crippen LogP contribution in [0.1, 0.15) is 41.6 Å². The highest BCUT2D eigenvalue weighted by Gasteiger charge is 2.33. The third kappa shape index (κ3) is 5.10. The van der Waals surface area contributed by atoms with Gasteiger partial charge in [-0.25, -0.2) is 0 Å². The standard InChI is InChI=1S/C20H21F3N6O2.ClH/c21-20(22,23)14-8-16(25-15-6-2-1-4-13(15)11-30)29-17(9-14)26-19(28-29)27-18(31)12-5-3-7-24-10-12;/h3,5,7-10,13,15,25,30H,1-2,4,6,11H2,(H,27,28,31);1H/t13-,15-;/m1./s1. The van der Waals surface area contributed by atoms with Crippen LogP contribution in [0.2, 0.25) is 0 Å². The highest BCUT2D eigenvalue weighted by molar-refractivity contribution is 6.03. The molecule has 2 atom stereocenters. The zero-order valence-electron chi connectivity index (χ0n) is 16.8. The Labute approximate surface area is 187 Å². The highest BCUT2D eigenvalue weighted by atomic mass is 35.5. The Morgan fingerprint density at radius 2 is 2.03 bits per heavy atom. The SMILES string of the molecule is Cl.O=C(Nc1nc2cc(C(F)(F)F)cc(N[C@@H]3CCCC[C@@H]3CO)n2n1)c1cccnc1. The average Bonchev–Trinajstić information content (AvgIpc) is 3.17. The number of halogens is 4. The second kappa shape index (κ2) is 9.70. The molecule has 0 saturated heterocycles. The zero-order valence-corrected chi connectivity index (χ0v) is 17.7. The number of hydrogen-bond donors (Lipinski definition) is 3. The molecule has 1 aliphatic carbocycles. The van der Waals surface area contributed by atoms with E-state index in [1.54, 1.807) is 12.1 Å². The molecule has 172 valence electrons. The molecule has 3 heterocycles. The molecule has 3 N–H and O–H groups in total. The van der Waals surface area contributed by atoms with Crippen LogP contribution in [-0.4, -0.2) is 43.2 Å². The maximum atomic E-state index is 13.5. The molecule has 0 radical (unpaired) electrons. The Morgan fingerprint density at radius 3 is 2.72 bits per heavy atom. The first-order valence-electron chi connectivity index (χ1n) is 9.92. The molecule has 0 aromatic carbocycles. The van der Waals surface area contributed by atoms with Crippen LogP contribution in [0.25, 0.3) is 5.65 Å².